The van der Waals surface area contributed by atoms with Crippen LogP contribution in [0.5, 0.6) is 11.5 Å². The summed E-state index contributed by atoms with van der Waals surface area (Å²) in [6.45, 7) is 11.6. The fourth-order valence-electron chi connectivity index (χ4n) is 16.7. The first-order valence-corrected chi connectivity index (χ1v) is 50.0. The predicted molar refractivity (Wildman–Crippen MR) is 486 cm³/mol. The number of ether oxygens (including phenoxy) is 2. The lowest BCUT2D eigenvalue weighted by atomic mass is 10.0. The number of halogens is 2. The van der Waals surface area contributed by atoms with Crippen LogP contribution >= 0.6 is 61.0 Å². The van der Waals surface area contributed by atoms with E-state index < -0.39 is 44.2 Å². The summed E-state index contributed by atoms with van der Waals surface area (Å²) in [6, 6.07) is 39.0. The summed E-state index contributed by atoms with van der Waals surface area (Å²) in [5, 5.41) is 19.4. The van der Waals surface area contributed by atoms with Crippen molar-refractivity contribution in [2.45, 2.75) is 175 Å². The lowest BCUT2D eigenvalue weighted by Crippen LogP contribution is -2.52. The monoisotopic (exact) mass is 1790 g/mol. The van der Waals surface area contributed by atoms with Gasteiger partial charge in [0.15, 0.2) is 0 Å². The highest BCUT2D eigenvalue weighted by atomic mass is 35.5. The topological polar surface area (TPSA) is 313 Å². The van der Waals surface area contributed by atoms with Crippen LogP contribution in [0.1, 0.15) is 180 Å². The van der Waals surface area contributed by atoms with Crippen molar-refractivity contribution in [1.82, 2.24) is 50.6 Å². The fourth-order valence-corrected chi connectivity index (χ4v) is 21.8. The normalized spacial score (nSPS) is 16.9. The molecular weight excluding hydrogens is 1680 g/mol. The predicted octanol–water partition coefficient (Wildman–Crippen LogP) is 14.1. The quantitative estimate of drug-likeness (QED) is 0.0132. The molecule has 0 bridgehead atoms. The number of imide groups is 2. The van der Waals surface area contributed by atoms with Crippen LogP contribution in [0.25, 0.3) is 0 Å². The van der Waals surface area contributed by atoms with Crippen molar-refractivity contribution in [2.24, 2.45) is 0 Å². The number of methoxy groups -OCH3 is 2. The van der Waals surface area contributed by atoms with Crippen molar-refractivity contribution in [3.05, 3.63) is 211 Å². The maximum absolute atomic E-state index is 13.2. The molecule has 2 aromatic heterocycles. The summed E-state index contributed by atoms with van der Waals surface area (Å²) in [4.78, 5) is 128. The Balaban J connectivity index is 0.000000187. The molecule has 2 atom stereocenters. The number of unbranched alkanes of at least 4 members (excludes halogenated alkanes) is 4. The van der Waals surface area contributed by atoms with E-state index in [1.165, 1.54) is 5.69 Å². The van der Waals surface area contributed by atoms with E-state index in [0.717, 1.165) is 172 Å². The summed E-state index contributed by atoms with van der Waals surface area (Å²) in [7, 11) is 2.44. The third kappa shape index (κ3) is 24.2. The number of benzene rings is 6. The fraction of sp³-hybridized carbons (Fsp3) is 0.435. The molecule has 123 heavy (non-hydrogen) atoms. The van der Waals surface area contributed by atoms with Gasteiger partial charge < -0.3 is 53.5 Å². The number of carboxylic acid groups (broad SMARTS) is 1. The lowest BCUT2D eigenvalue weighted by Gasteiger charge is -2.38. The number of carboxylic acids is 1. The van der Waals surface area contributed by atoms with Crippen molar-refractivity contribution < 1.29 is 62.1 Å². The van der Waals surface area contributed by atoms with Gasteiger partial charge in [0.1, 0.15) is 49.5 Å². The van der Waals surface area contributed by atoms with E-state index >= 15 is 0 Å². The highest BCUT2D eigenvalue weighted by molar-refractivity contribution is 7.99. The number of hydrogen-bond donors (Lipinski definition) is 4. The number of carbonyl (C=O) groups is 8. The van der Waals surface area contributed by atoms with Gasteiger partial charge >= 0.3 is 5.97 Å². The average Bonchev–Trinajstić information content (AvgIpc) is 1.62. The number of aromatic nitrogens is 4. The molecule has 14 rings (SSSR count). The number of aliphatic carboxylic acids is 1. The molecule has 0 saturated carbocycles. The molecule has 25 nitrogen and oxygen atoms in total. The molecule has 4 fully saturated rings. The highest BCUT2D eigenvalue weighted by Crippen LogP contribution is 2.41. The zero-order chi connectivity index (χ0) is 87.7. The molecule has 0 spiro atoms. The van der Waals surface area contributed by atoms with Crippen LogP contribution in [-0.4, -0.2) is 204 Å². The second kappa shape index (κ2) is 43.0. The zero-order valence-corrected chi connectivity index (χ0v) is 76.1. The van der Waals surface area contributed by atoms with Gasteiger partial charge in [0.25, 0.3) is 11.8 Å². The maximum atomic E-state index is 13.2. The van der Waals surface area contributed by atoms with Gasteiger partial charge in [-0.05, 0) is 168 Å². The summed E-state index contributed by atoms with van der Waals surface area (Å²) in [5.41, 5.74) is 10.7. The number of thioether (sulfide) groups is 2. The first-order chi connectivity index (χ1) is 59.0. The Bertz CT molecular complexity index is 5310. The van der Waals surface area contributed by atoms with Crippen molar-refractivity contribution in [3.63, 3.8) is 0 Å². The van der Waals surface area contributed by atoms with Crippen LogP contribution in [0.4, 0.5) is 11.4 Å². The number of nitrogens with zero attached hydrogens (tertiary/aromatic N) is 9. The van der Waals surface area contributed by atoms with Crippen LogP contribution in [0.3, 0.4) is 0 Å². The van der Waals surface area contributed by atoms with Crippen LogP contribution in [0.15, 0.2) is 144 Å². The van der Waals surface area contributed by atoms with Gasteiger partial charge in [0.2, 0.25) is 29.5 Å². The molecule has 0 aliphatic carbocycles. The second-order valence-corrected chi connectivity index (χ2v) is 42.1. The van der Waals surface area contributed by atoms with E-state index in [1.54, 1.807) is 92.7 Å². The zero-order valence-electron chi connectivity index (χ0n) is 71.1. The van der Waals surface area contributed by atoms with Gasteiger partial charge in [-0.2, -0.15) is 0 Å². The van der Waals surface area contributed by atoms with Crippen LogP contribution < -0.4 is 45.8 Å². The number of nitrogens with one attached hydrogen (secondary N) is 3. The van der Waals surface area contributed by atoms with Gasteiger partial charge in [-0.3, -0.25) is 49.0 Å². The average molecular weight is 1790 g/mol. The van der Waals surface area contributed by atoms with Crippen LogP contribution in [0.2, 0.25) is 10.0 Å². The minimum atomic E-state index is -2.48. The van der Waals surface area contributed by atoms with Crippen molar-refractivity contribution in [1.29, 1.82) is 0 Å². The summed E-state index contributed by atoms with van der Waals surface area (Å²) < 4.78 is 37.3. The molecule has 4 saturated heterocycles. The number of carbonyl (C=O) groups excluding carboxylic acids is 7. The molecular formula is C92H110Cl2N12O13P2S2. The van der Waals surface area contributed by atoms with Gasteiger partial charge in [-0.25, -0.2) is 19.9 Å². The summed E-state index contributed by atoms with van der Waals surface area (Å²) in [5.74, 6) is 2.31. The van der Waals surface area contributed by atoms with E-state index in [1.807, 2.05) is 97.9 Å². The third-order valence-electron chi connectivity index (χ3n) is 23.5. The highest BCUT2D eigenvalue weighted by Gasteiger charge is 2.42. The molecule has 4 N–H and O–H groups in total. The summed E-state index contributed by atoms with van der Waals surface area (Å²) in [6.07, 6.45) is 16.3. The van der Waals surface area contributed by atoms with Crippen LogP contribution in [0, 0.1) is 0 Å². The molecule has 7 amide bonds. The molecule has 6 aliphatic heterocycles. The molecule has 8 aromatic rings. The SMILES string of the molecule is CNC1CCN(c2ccc(Cc3ncc(Cl)c(Cc4ccccc4P(C)(C)=O)n3)c(OC)c2)CC1.COc1cc(N2CCC(N(C)C(=O)CCCCCSc3cccc4c3CN(C3CCC(=O)NC3=O)C4=O)CC2)ccc1Cc1ncc(Cl)c(Cc2ccccc2P(C)(C)=O)n1.O=C(O)CCCCCSc1cccc2c1CN(C1CCC(=O)NC1=O)C2=O. The van der Waals surface area contributed by atoms with Crippen molar-refractivity contribution >= 4 is 130 Å². The minimum absolute atomic E-state index is 0.159. The number of piperidine rings is 4. The number of anilines is 2. The lowest BCUT2D eigenvalue weighted by molar-refractivity contribution is -0.138. The van der Waals surface area contributed by atoms with Crippen LogP contribution in [-0.2, 0) is 76.7 Å². The Morgan fingerprint density at radius 2 is 0.976 bits per heavy atom. The van der Waals surface area contributed by atoms with Crippen molar-refractivity contribution in [2.75, 3.05) is 102 Å². The Labute approximate surface area is 738 Å². The summed E-state index contributed by atoms with van der Waals surface area (Å²) >= 11 is 16.4. The molecule has 2 unspecified atom stereocenters. The number of amides is 7. The Morgan fingerprint density at radius 3 is 1.39 bits per heavy atom. The third-order valence-corrected chi connectivity index (χ3v) is 29.7. The van der Waals surface area contributed by atoms with Gasteiger partial charge in [0.05, 0.1) is 35.7 Å². The molecule has 652 valence electrons. The van der Waals surface area contributed by atoms with Gasteiger partial charge in [0, 0.05) is 188 Å². The Kier molecular flexibility index (Phi) is 32.4. The number of fused-ring (bicyclic) bond motifs is 2. The molecule has 0 radical (unpaired) electrons. The molecule has 6 aliphatic rings. The van der Waals surface area contributed by atoms with Crippen molar-refractivity contribution in [3.8, 4) is 11.5 Å². The van der Waals surface area contributed by atoms with E-state index in [0.29, 0.717) is 109 Å². The Hall–Kier alpha value is -9.46. The van der Waals surface area contributed by atoms with Gasteiger partial charge in [-0.1, -0.05) is 109 Å². The molecule has 31 heteroatoms. The van der Waals surface area contributed by atoms with E-state index in [-0.39, 0.29) is 54.8 Å². The minimum Gasteiger partial charge on any atom is -0.496 e. The van der Waals surface area contributed by atoms with E-state index in [2.05, 4.69) is 72.1 Å². The Morgan fingerprint density at radius 1 is 0.545 bits per heavy atom. The van der Waals surface area contributed by atoms with E-state index in [9.17, 15) is 47.5 Å². The number of rotatable bonds is 32. The van der Waals surface area contributed by atoms with Gasteiger partial charge in [-0.15, -0.1) is 23.5 Å². The first kappa shape index (κ1) is 92.7. The molecule has 8 heterocycles. The van der Waals surface area contributed by atoms with E-state index in [4.69, 9.17) is 47.8 Å². The maximum Gasteiger partial charge on any atom is 0.303 e. The largest absolute Gasteiger partial charge is 0.496 e. The molecule has 6 aromatic carbocycles. The smallest absolute Gasteiger partial charge is 0.303 e. The standard InChI is InChI=1S/C46H54ClN6O6PS.C27H34ClN4O2P.C19H22N2O5S/c1-51(44(55)15-6-5-9-24-61-41-14-10-12-34-35(41)29-53(46(34)57)38-18-19-43(54)50-45(38)56)32-20-22-52(23-21-32)33-17-16-30(39(27-33)59-2)26-42-48-28-36(47)37(49-42)25-31-11-7-8-13-40(31)60(3,4)58;1-29-21-11-13-32(14-12-21)22-10-9-19(25(17-22)34-2)16-27-30-18-23(28)24(31-27)15-20-7-5-6-8-26(20)35(3,4)33;22-16-9-8-14(18(25)20-16)21-11-13-12(19(21)26)5-4-6-15(13)27-10-3-1-2-7-17(23)24/h7-8,10-14,16-17,27-28,32,38H,5-6,9,15,18-26,29H2,1-4H3,(H,50,54,56);5-10,17-18,21,29H,11-16H2,1-4H3;4-6,14H,1-3,7-11H2,(H,23,24)(H,20,22,25). The number of hydrogen-bond acceptors (Lipinski definition) is 21. The first-order valence-electron chi connectivity index (χ1n) is 42.1. The second-order valence-electron chi connectivity index (χ2n) is 32.7.